The number of ether oxygens (including phenoxy) is 1. The highest BCUT2D eigenvalue weighted by Gasteiger charge is 2.18. The molecular formula is C11H18N4O2. The van der Waals surface area contributed by atoms with E-state index in [4.69, 9.17) is 4.74 Å². The van der Waals surface area contributed by atoms with Gasteiger partial charge in [-0.3, -0.25) is 0 Å². The van der Waals surface area contributed by atoms with Gasteiger partial charge in [-0.15, -0.1) is 0 Å². The van der Waals surface area contributed by atoms with Crippen molar-refractivity contribution < 1.29 is 9.53 Å². The molecule has 0 unspecified atom stereocenters. The number of aliphatic imine (C=N–C) groups is 1. The lowest BCUT2D eigenvalue weighted by atomic mass is 10.2. The standard InChI is InChI=1S/C11H18N4O2/c1-5-6-9-13-10(17-11(2,3)4)15(14-9)7-12-8-16/h5-7H2,1-4H3. The van der Waals surface area contributed by atoms with Crippen LogP contribution in [0.15, 0.2) is 4.99 Å². The van der Waals surface area contributed by atoms with E-state index in [1.807, 2.05) is 20.8 Å². The second-order valence-electron chi connectivity index (χ2n) is 4.67. The van der Waals surface area contributed by atoms with Crippen LogP contribution < -0.4 is 4.74 Å². The lowest BCUT2D eigenvalue weighted by Crippen LogP contribution is -2.25. The molecule has 0 spiro atoms. The lowest BCUT2D eigenvalue weighted by molar-refractivity contribution is 0.109. The zero-order valence-corrected chi connectivity index (χ0v) is 10.7. The van der Waals surface area contributed by atoms with Crippen LogP contribution in [0.4, 0.5) is 0 Å². The van der Waals surface area contributed by atoms with Gasteiger partial charge in [0.15, 0.2) is 5.82 Å². The summed E-state index contributed by atoms with van der Waals surface area (Å²) < 4.78 is 7.13. The second kappa shape index (κ2) is 5.59. The molecule has 0 aromatic carbocycles. The Morgan fingerprint density at radius 3 is 2.71 bits per heavy atom. The van der Waals surface area contributed by atoms with Crippen LogP contribution in [0, 0.1) is 0 Å². The lowest BCUT2D eigenvalue weighted by Gasteiger charge is -2.19. The van der Waals surface area contributed by atoms with Crippen molar-refractivity contribution in [2.45, 2.75) is 52.8 Å². The van der Waals surface area contributed by atoms with Crippen molar-refractivity contribution in [2.24, 2.45) is 4.99 Å². The highest BCUT2D eigenvalue weighted by Crippen LogP contribution is 2.16. The van der Waals surface area contributed by atoms with Crippen molar-refractivity contribution in [1.29, 1.82) is 0 Å². The number of isocyanates is 1. The number of nitrogens with zero attached hydrogens (tertiary/aromatic N) is 4. The third-order valence-electron chi connectivity index (χ3n) is 1.82. The first-order valence-electron chi connectivity index (χ1n) is 5.62. The quantitative estimate of drug-likeness (QED) is 0.578. The predicted octanol–water partition coefficient (Wildman–Crippen LogP) is 1.70. The molecule has 1 heterocycles. The summed E-state index contributed by atoms with van der Waals surface area (Å²) in [6.45, 7) is 7.91. The van der Waals surface area contributed by atoms with E-state index in [9.17, 15) is 4.79 Å². The van der Waals surface area contributed by atoms with Crippen molar-refractivity contribution in [3.63, 3.8) is 0 Å². The molecule has 0 fully saturated rings. The van der Waals surface area contributed by atoms with Gasteiger partial charge >= 0.3 is 6.01 Å². The molecule has 0 bridgehead atoms. The van der Waals surface area contributed by atoms with Crippen LogP contribution in [-0.2, 0) is 17.9 Å². The molecule has 0 aliphatic rings. The molecule has 1 rings (SSSR count). The summed E-state index contributed by atoms with van der Waals surface area (Å²) in [5.74, 6) is 0.702. The van der Waals surface area contributed by atoms with Gasteiger partial charge in [0.25, 0.3) is 0 Å². The molecule has 94 valence electrons. The summed E-state index contributed by atoms with van der Waals surface area (Å²) in [5.41, 5.74) is -0.362. The zero-order valence-electron chi connectivity index (χ0n) is 10.7. The van der Waals surface area contributed by atoms with Crippen LogP contribution in [0.25, 0.3) is 0 Å². The Balaban J connectivity index is 2.94. The predicted molar refractivity (Wildman–Crippen MR) is 62.5 cm³/mol. The summed E-state index contributed by atoms with van der Waals surface area (Å²) in [7, 11) is 0. The van der Waals surface area contributed by atoms with Crippen LogP contribution in [0.1, 0.15) is 39.9 Å². The van der Waals surface area contributed by atoms with Gasteiger partial charge in [0.05, 0.1) is 0 Å². The highest BCUT2D eigenvalue weighted by atomic mass is 16.5. The van der Waals surface area contributed by atoms with Crippen LogP contribution in [-0.4, -0.2) is 26.4 Å². The number of hydrogen-bond acceptors (Lipinski definition) is 5. The first-order valence-corrected chi connectivity index (χ1v) is 5.62. The molecule has 6 nitrogen and oxygen atoms in total. The number of hydrogen-bond donors (Lipinski definition) is 0. The fraction of sp³-hybridized carbons (Fsp3) is 0.727. The number of aryl methyl sites for hydroxylation is 1. The van der Waals surface area contributed by atoms with Crippen molar-refractivity contribution in [3.8, 4) is 6.01 Å². The normalized spacial score (nSPS) is 11.1. The topological polar surface area (TPSA) is 69.4 Å². The summed E-state index contributed by atoms with van der Waals surface area (Å²) in [5, 5.41) is 4.23. The number of rotatable bonds is 5. The van der Waals surface area contributed by atoms with Crippen LogP contribution in [0.5, 0.6) is 6.01 Å². The van der Waals surface area contributed by atoms with Crippen LogP contribution in [0.3, 0.4) is 0 Å². The smallest absolute Gasteiger partial charge is 0.317 e. The first-order chi connectivity index (χ1) is 7.96. The van der Waals surface area contributed by atoms with Crippen molar-refractivity contribution >= 4 is 6.08 Å². The highest BCUT2D eigenvalue weighted by molar-refractivity contribution is 5.32. The maximum atomic E-state index is 10.1. The minimum absolute atomic E-state index is 0.0889. The Kier molecular flexibility index (Phi) is 4.40. The largest absolute Gasteiger partial charge is 0.458 e. The van der Waals surface area contributed by atoms with Crippen LogP contribution in [0.2, 0.25) is 0 Å². The van der Waals surface area contributed by atoms with E-state index in [0.29, 0.717) is 11.8 Å². The molecule has 6 heteroatoms. The molecule has 0 amide bonds. The number of aromatic nitrogens is 3. The van der Waals surface area contributed by atoms with E-state index in [1.165, 1.54) is 10.8 Å². The Hall–Kier alpha value is -1.68. The second-order valence-corrected chi connectivity index (χ2v) is 4.67. The molecule has 0 radical (unpaired) electrons. The van der Waals surface area contributed by atoms with Gasteiger partial charge < -0.3 is 4.74 Å². The van der Waals surface area contributed by atoms with Gasteiger partial charge in [-0.2, -0.15) is 19.8 Å². The molecule has 1 aromatic heterocycles. The molecule has 0 aliphatic carbocycles. The monoisotopic (exact) mass is 238 g/mol. The van der Waals surface area contributed by atoms with Gasteiger partial charge in [-0.25, -0.2) is 4.79 Å². The Labute approximate surface area is 101 Å². The molecule has 0 saturated heterocycles. The van der Waals surface area contributed by atoms with Gasteiger partial charge in [-0.05, 0) is 27.2 Å². The summed E-state index contributed by atoms with van der Waals surface area (Å²) >= 11 is 0. The Bertz CT molecular complexity index is 414. The molecule has 0 N–H and O–H groups in total. The zero-order chi connectivity index (χ0) is 12.9. The van der Waals surface area contributed by atoms with E-state index < -0.39 is 0 Å². The third kappa shape index (κ3) is 4.36. The summed E-state index contributed by atoms with van der Waals surface area (Å²) in [6, 6.07) is 0.389. The van der Waals surface area contributed by atoms with E-state index in [1.54, 1.807) is 0 Å². The number of carbonyl (C=O) groups excluding carboxylic acids is 1. The molecule has 1 aromatic rings. The van der Waals surface area contributed by atoms with E-state index in [-0.39, 0.29) is 12.3 Å². The van der Waals surface area contributed by atoms with E-state index in [2.05, 4.69) is 22.0 Å². The minimum Gasteiger partial charge on any atom is -0.458 e. The molecular weight excluding hydrogens is 220 g/mol. The minimum atomic E-state index is -0.362. The van der Waals surface area contributed by atoms with Gasteiger partial charge in [0.1, 0.15) is 12.3 Å². The third-order valence-corrected chi connectivity index (χ3v) is 1.82. The SMILES string of the molecule is CCCc1nc(OC(C)(C)C)n(CN=C=O)n1. The van der Waals surface area contributed by atoms with E-state index in [0.717, 1.165) is 12.8 Å². The average molecular weight is 238 g/mol. The molecule has 17 heavy (non-hydrogen) atoms. The van der Waals surface area contributed by atoms with Gasteiger partial charge in [0.2, 0.25) is 6.08 Å². The van der Waals surface area contributed by atoms with Gasteiger partial charge in [0, 0.05) is 6.42 Å². The summed E-state index contributed by atoms with van der Waals surface area (Å²) in [4.78, 5) is 17.9. The maximum Gasteiger partial charge on any atom is 0.317 e. The van der Waals surface area contributed by atoms with Crippen molar-refractivity contribution in [1.82, 2.24) is 14.8 Å². The fourth-order valence-electron chi connectivity index (χ4n) is 1.24. The van der Waals surface area contributed by atoms with Crippen molar-refractivity contribution in [2.75, 3.05) is 0 Å². The molecule has 0 saturated carbocycles. The summed E-state index contributed by atoms with van der Waals surface area (Å²) in [6.07, 6.45) is 3.21. The Morgan fingerprint density at radius 2 is 2.18 bits per heavy atom. The van der Waals surface area contributed by atoms with E-state index >= 15 is 0 Å². The van der Waals surface area contributed by atoms with Crippen molar-refractivity contribution in [3.05, 3.63) is 5.82 Å². The molecule has 0 aliphatic heterocycles. The first kappa shape index (κ1) is 13.4. The average Bonchev–Trinajstić information content (AvgIpc) is 2.55. The maximum absolute atomic E-state index is 10.1. The Morgan fingerprint density at radius 1 is 1.47 bits per heavy atom. The molecule has 0 atom stereocenters. The van der Waals surface area contributed by atoms with Crippen LogP contribution >= 0.6 is 0 Å². The van der Waals surface area contributed by atoms with Gasteiger partial charge in [-0.1, -0.05) is 6.92 Å². The fourth-order valence-corrected chi connectivity index (χ4v) is 1.24.